The number of carbonyl (C=O) groups is 1. The molecular weight excluding hydrogens is 322 g/mol. The van der Waals surface area contributed by atoms with E-state index in [1.165, 1.54) is 11.1 Å². The average Bonchev–Trinajstić information content (AvgIpc) is 2.67. The number of hydrogen-bond donors (Lipinski definition) is 1. The van der Waals surface area contributed by atoms with Crippen LogP contribution in [0.15, 0.2) is 60.8 Å². The molecule has 4 heteroatoms. The summed E-state index contributed by atoms with van der Waals surface area (Å²) in [4.78, 5) is 19.2. The SMILES string of the molecule is CCc1ccc([C@@H](CNC(=O)c2cccc3ncccc23)N(C)C)cc1. The van der Waals surface area contributed by atoms with Crippen molar-refractivity contribution in [2.24, 2.45) is 0 Å². The van der Waals surface area contributed by atoms with Crippen molar-refractivity contribution in [3.05, 3.63) is 77.5 Å². The number of likely N-dealkylation sites (N-methyl/N-ethyl adjacent to an activating group) is 1. The largest absolute Gasteiger partial charge is 0.350 e. The summed E-state index contributed by atoms with van der Waals surface area (Å²) in [7, 11) is 4.07. The summed E-state index contributed by atoms with van der Waals surface area (Å²) >= 11 is 0. The zero-order valence-electron chi connectivity index (χ0n) is 15.6. The number of pyridine rings is 1. The fraction of sp³-hybridized carbons (Fsp3) is 0.273. The first-order chi connectivity index (χ1) is 12.6. The van der Waals surface area contributed by atoms with Gasteiger partial charge in [0.15, 0.2) is 0 Å². The molecule has 0 aliphatic rings. The van der Waals surface area contributed by atoms with Crippen LogP contribution in [0.4, 0.5) is 0 Å². The van der Waals surface area contributed by atoms with Gasteiger partial charge in [-0.15, -0.1) is 0 Å². The lowest BCUT2D eigenvalue weighted by Crippen LogP contribution is -2.34. The van der Waals surface area contributed by atoms with Crippen LogP contribution in [0, 0.1) is 0 Å². The Hall–Kier alpha value is -2.72. The van der Waals surface area contributed by atoms with E-state index in [0.29, 0.717) is 12.1 Å². The summed E-state index contributed by atoms with van der Waals surface area (Å²) in [6.45, 7) is 2.70. The molecule has 0 fully saturated rings. The van der Waals surface area contributed by atoms with Crippen LogP contribution in [-0.4, -0.2) is 36.4 Å². The van der Waals surface area contributed by atoms with Gasteiger partial charge < -0.3 is 10.2 Å². The van der Waals surface area contributed by atoms with Gasteiger partial charge in [-0.05, 0) is 49.8 Å². The number of fused-ring (bicyclic) bond motifs is 1. The lowest BCUT2D eigenvalue weighted by molar-refractivity contribution is 0.0943. The molecule has 1 heterocycles. The molecule has 4 nitrogen and oxygen atoms in total. The van der Waals surface area contributed by atoms with E-state index in [2.05, 4.69) is 46.4 Å². The highest BCUT2D eigenvalue weighted by Crippen LogP contribution is 2.20. The molecule has 1 N–H and O–H groups in total. The Kier molecular flexibility index (Phi) is 5.64. The number of benzene rings is 2. The Morgan fingerprint density at radius 1 is 1.08 bits per heavy atom. The molecule has 1 aromatic heterocycles. The molecule has 0 saturated heterocycles. The Labute approximate surface area is 154 Å². The molecule has 26 heavy (non-hydrogen) atoms. The molecule has 2 aromatic carbocycles. The van der Waals surface area contributed by atoms with Crippen molar-refractivity contribution < 1.29 is 4.79 Å². The predicted octanol–water partition coefficient (Wildman–Crippen LogP) is 3.83. The Balaban J connectivity index is 1.77. The number of aromatic nitrogens is 1. The maximum atomic E-state index is 12.8. The van der Waals surface area contributed by atoms with Crippen molar-refractivity contribution in [1.29, 1.82) is 0 Å². The van der Waals surface area contributed by atoms with E-state index >= 15 is 0 Å². The van der Waals surface area contributed by atoms with Crippen LogP contribution in [-0.2, 0) is 6.42 Å². The minimum absolute atomic E-state index is 0.0689. The molecule has 3 aromatic rings. The first kappa shape index (κ1) is 18.1. The smallest absolute Gasteiger partial charge is 0.252 e. The van der Waals surface area contributed by atoms with Crippen molar-refractivity contribution in [1.82, 2.24) is 15.2 Å². The molecular formula is C22H25N3O. The van der Waals surface area contributed by atoms with Crippen molar-refractivity contribution in [2.75, 3.05) is 20.6 Å². The average molecular weight is 347 g/mol. The van der Waals surface area contributed by atoms with Crippen LogP contribution in [0.3, 0.4) is 0 Å². The van der Waals surface area contributed by atoms with Gasteiger partial charge in [0.1, 0.15) is 0 Å². The van der Waals surface area contributed by atoms with Crippen LogP contribution >= 0.6 is 0 Å². The number of hydrogen-bond acceptors (Lipinski definition) is 3. The maximum absolute atomic E-state index is 12.8. The Morgan fingerprint density at radius 3 is 2.54 bits per heavy atom. The second-order valence-corrected chi connectivity index (χ2v) is 6.66. The number of rotatable bonds is 6. The van der Waals surface area contributed by atoms with Crippen LogP contribution < -0.4 is 5.32 Å². The molecule has 0 unspecified atom stereocenters. The van der Waals surface area contributed by atoms with E-state index in [-0.39, 0.29) is 11.9 Å². The van der Waals surface area contributed by atoms with E-state index in [1.54, 1.807) is 6.20 Å². The number of carbonyl (C=O) groups excluding carboxylic acids is 1. The summed E-state index contributed by atoms with van der Waals surface area (Å²) in [6.07, 6.45) is 2.77. The van der Waals surface area contributed by atoms with Gasteiger partial charge in [0.2, 0.25) is 0 Å². The third-order valence-electron chi connectivity index (χ3n) is 4.74. The normalized spacial score (nSPS) is 12.3. The van der Waals surface area contributed by atoms with Gasteiger partial charge in [0.05, 0.1) is 11.6 Å². The lowest BCUT2D eigenvalue weighted by atomic mass is 10.0. The van der Waals surface area contributed by atoms with Gasteiger partial charge in [-0.2, -0.15) is 0 Å². The summed E-state index contributed by atoms with van der Waals surface area (Å²) in [5.41, 5.74) is 4.01. The fourth-order valence-corrected chi connectivity index (χ4v) is 3.16. The molecule has 134 valence electrons. The summed E-state index contributed by atoms with van der Waals surface area (Å²) in [6, 6.07) is 18.2. The molecule has 0 aliphatic heterocycles. The first-order valence-electron chi connectivity index (χ1n) is 8.97. The molecule has 1 atom stereocenters. The van der Waals surface area contributed by atoms with Crippen LogP contribution in [0.25, 0.3) is 10.9 Å². The van der Waals surface area contributed by atoms with Crippen molar-refractivity contribution in [3.63, 3.8) is 0 Å². The standard InChI is InChI=1S/C22H25N3O/c1-4-16-10-12-17(13-11-16)21(25(2)3)15-24-22(26)19-7-5-9-20-18(19)8-6-14-23-20/h5-14,21H,4,15H2,1-3H3,(H,24,26)/t21-/m1/s1. The maximum Gasteiger partial charge on any atom is 0.252 e. The number of nitrogens with one attached hydrogen (secondary N) is 1. The Morgan fingerprint density at radius 2 is 1.85 bits per heavy atom. The summed E-state index contributed by atoms with van der Waals surface area (Å²) in [5.74, 6) is -0.0689. The summed E-state index contributed by atoms with van der Waals surface area (Å²) < 4.78 is 0. The van der Waals surface area contributed by atoms with Crippen LogP contribution in [0.1, 0.15) is 34.5 Å². The minimum Gasteiger partial charge on any atom is -0.350 e. The van der Waals surface area contributed by atoms with Gasteiger partial charge in [0, 0.05) is 23.7 Å². The molecule has 0 saturated carbocycles. The predicted molar refractivity (Wildman–Crippen MR) is 106 cm³/mol. The van der Waals surface area contributed by atoms with Gasteiger partial charge in [-0.1, -0.05) is 43.3 Å². The van der Waals surface area contributed by atoms with E-state index < -0.39 is 0 Å². The highest BCUT2D eigenvalue weighted by atomic mass is 16.1. The van der Waals surface area contributed by atoms with Crippen molar-refractivity contribution in [3.8, 4) is 0 Å². The summed E-state index contributed by atoms with van der Waals surface area (Å²) in [5, 5.41) is 3.97. The third kappa shape index (κ3) is 3.92. The van der Waals surface area contributed by atoms with E-state index in [0.717, 1.165) is 17.3 Å². The minimum atomic E-state index is -0.0689. The molecule has 0 bridgehead atoms. The second kappa shape index (κ2) is 8.11. The zero-order chi connectivity index (χ0) is 18.5. The van der Waals surface area contributed by atoms with Crippen LogP contribution in [0.2, 0.25) is 0 Å². The van der Waals surface area contributed by atoms with Gasteiger partial charge >= 0.3 is 0 Å². The molecule has 0 aliphatic carbocycles. The van der Waals surface area contributed by atoms with Crippen molar-refractivity contribution >= 4 is 16.8 Å². The molecule has 3 rings (SSSR count). The van der Waals surface area contributed by atoms with Crippen molar-refractivity contribution in [2.45, 2.75) is 19.4 Å². The van der Waals surface area contributed by atoms with Crippen LogP contribution in [0.5, 0.6) is 0 Å². The van der Waals surface area contributed by atoms with Gasteiger partial charge in [0.25, 0.3) is 5.91 Å². The fourth-order valence-electron chi connectivity index (χ4n) is 3.16. The highest BCUT2D eigenvalue weighted by Gasteiger charge is 2.17. The molecule has 0 radical (unpaired) electrons. The van der Waals surface area contributed by atoms with Gasteiger partial charge in [-0.3, -0.25) is 9.78 Å². The quantitative estimate of drug-likeness (QED) is 0.737. The molecule has 0 spiro atoms. The molecule has 1 amide bonds. The third-order valence-corrected chi connectivity index (χ3v) is 4.74. The lowest BCUT2D eigenvalue weighted by Gasteiger charge is -2.25. The monoisotopic (exact) mass is 347 g/mol. The Bertz CT molecular complexity index is 882. The highest BCUT2D eigenvalue weighted by molar-refractivity contribution is 6.06. The first-order valence-corrected chi connectivity index (χ1v) is 8.97. The van der Waals surface area contributed by atoms with E-state index in [1.807, 2.05) is 44.4 Å². The van der Waals surface area contributed by atoms with E-state index in [9.17, 15) is 4.79 Å². The zero-order valence-corrected chi connectivity index (χ0v) is 15.6. The van der Waals surface area contributed by atoms with E-state index in [4.69, 9.17) is 0 Å². The number of nitrogens with zero attached hydrogens (tertiary/aromatic N) is 2. The second-order valence-electron chi connectivity index (χ2n) is 6.66. The number of aryl methyl sites for hydroxylation is 1. The number of amides is 1. The topological polar surface area (TPSA) is 45.2 Å². The van der Waals surface area contributed by atoms with Gasteiger partial charge in [-0.25, -0.2) is 0 Å².